The Kier molecular flexibility index (Phi) is 5.17. The summed E-state index contributed by atoms with van der Waals surface area (Å²) in [6.45, 7) is 0.909. The number of hydrogen-bond acceptors (Lipinski definition) is 8. The molecule has 2 aromatic carbocycles. The molecule has 2 aliphatic rings. The van der Waals surface area contributed by atoms with E-state index in [-0.39, 0.29) is 17.3 Å². The molecule has 0 spiro atoms. The molecule has 0 bridgehead atoms. The van der Waals surface area contributed by atoms with Crippen molar-refractivity contribution < 1.29 is 27.2 Å². The Morgan fingerprint density at radius 2 is 1.78 bits per heavy atom. The number of fused-ring (bicyclic) bond motifs is 1. The third-order valence-corrected chi connectivity index (χ3v) is 6.43. The Bertz CT molecular complexity index is 1250. The van der Waals surface area contributed by atoms with Gasteiger partial charge < -0.3 is 19.3 Å². The third kappa shape index (κ3) is 4.37. The van der Waals surface area contributed by atoms with Crippen LogP contribution in [0.25, 0.3) is 0 Å². The van der Waals surface area contributed by atoms with Crippen LogP contribution in [0.1, 0.15) is 40.8 Å². The number of sulfonamides is 1. The lowest BCUT2D eigenvalue weighted by molar-refractivity contribution is 0.0946. The van der Waals surface area contributed by atoms with Crippen LogP contribution < -0.4 is 19.5 Å². The number of nitrogens with zero attached hydrogens (tertiary/aromatic N) is 2. The number of hydrogen-bond donors (Lipinski definition) is 2. The summed E-state index contributed by atoms with van der Waals surface area (Å²) in [5.41, 5.74) is 0.691. The number of benzene rings is 2. The van der Waals surface area contributed by atoms with E-state index >= 15 is 0 Å². The van der Waals surface area contributed by atoms with Gasteiger partial charge in [-0.1, -0.05) is 5.16 Å². The molecular formula is C21H20N4O6S. The van der Waals surface area contributed by atoms with Gasteiger partial charge in [-0.2, -0.15) is 4.98 Å². The first-order chi connectivity index (χ1) is 15.5. The smallest absolute Gasteiger partial charge is 0.262 e. The van der Waals surface area contributed by atoms with Crippen LogP contribution in [-0.4, -0.2) is 37.7 Å². The number of aromatic nitrogens is 2. The third-order valence-electron chi connectivity index (χ3n) is 5.05. The largest absolute Gasteiger partial charge is 0.486 e. The number of rotatable bonds is 7. The van der Waals surface area contributed by atoms with Crippen molar-refractivity contribution in [2.75, 3.05) is 17.9 Å². The van der Waals surface area contributed by atoms with Crippen molar-refractivity contribution in [3.8, 4) is 11.5 Å². The minimum atomic E-state index is -3.84. The number of carbonyl (C=O) groups excluding carboxylic acids is 1. The lowest BCUT2D eigenvalue weighted by atomic mass is 10.2. The lowest BCUT2D eigenvalue weighted by Gasteiger charge is -2.19. The van der Waals surface area contributed by atoms with E-state index in [1.165, 1.54) is 36.4 Å². The van der Waals surface area contributed by atoms with Crippen molar-refractivity contribution in [3.63, 3.8) is 0 Å². The maximum atomic E-state index is 12.7. The average Bonchev–Trinajstić information content (AvgIpc) is 3.55. The number of amides is 1. The van der Waals surface area contributed by atoms with E-state index in [0.717, 1.165) is 12.8 Å². The zero-order chi connectivity index (χ0) is 22.1. The number of nitrogens with one attached hydrogen (secondary N) is 2. The van der Waals surface area contributed by atoms with Crippen LogP contribution >= 0.6 is 0 Å². The van der Waals surface area contributed by atoms with E-state index in [2.05, 4.69) is 20.2 Å². The van der Waals surface area contributed by atoms with E-state index in [0.29, 0.717) is 53.6 Å². The molecule has 1 aliphatic carbocycles. The van der Waals surface area contributed by atoms with Gasteiger partial charge in [-0.05, 0) is 49.2 Å². The quantitative estimate of drug-likeness (QED) is 0.554. The monoisotopic (exact) mass is 456 g/mol. The molecule has 1 saturated carbocycles. The molecule has 1 fully saturated rings. The maximum absolute atomic E-state index is 12.7. The summed E-state index contributed by atoms with van der Waals surface area (Å²) < 4.78 is 43.9. The molecule has 11 heteroatoms. The zero-order valence-electron chi connectivity index (χ0n) is 16.9. The second-order valence-corrected chi connectivity index (χ2v) is 9.17. The van der Waals surface area contributed by atoms with Crippen LogP contribution in [0.15, 0.2) is 51.9 Å². The molecule has 10 nitrogen and oxygen atoms in total. The van der Waals surface area contributed by atoms with Crippen molar-refractivity contribution in [2.24, 2.45) is 0 Å². The standard InChI is InChI=1S/C21H20N4O6S/c26-21(22-12-19-23-20(24-31-19)13-1-2-13)14-3-5-15(6-4-14)25-32(27,28)16-7-8-17-18(11-16)30-10-9-29-17/h3-8,11,13,25H,1-2,9-10,12H2,(H,22,26). The van der Waals surface area contributed by atoms with Gasteiger partial charge in [0.1, 0.15) is 13.2 Å². The average molecular weight is 456 g/mol. The van der Waals surface area contributed by atoms with Crippen LogP contribution in [0.4, 0.5) is 5.69 Å². The Labute approximate surface area is 184 Å². The first-order valence-corrected chi connectivity index (χ1v) is 11.6. The molecule has 2 N–H and O–H groups in total. The van der Waals surface area contributed by atoms with Gasteiger partial charge in [0, 0.05) is 23.2 Å². The summed E-state index contributed by atoms with van der Waals surface area (Å²) in [5, 5.41) is 6.62. The van der Waals surface area contributed by atoms with Gasteiger partial charge in [-0.25, -0.2) is 8.42 Å². The van der Waals surface area contributed by atoms with Crippen molar-refractivity contribution in [2.45, 2.75) is 30.2 Å². The predicted molar refractivity (Wildman–Crippen MR) is 112 cm³/mol. The maximum Gasteiger partial charge on any atom is 0.262 e. The summed E-state index contributed by atoms with van der Waals surface area (Å²) in [7, 11) is -3.84. The van der Waals surface area contributed by atoms with Gasteiger partial charge >= 0.3 is 0 Å². The molecule has 166 valence electrons. The fraction of sp³-hybridized carbons (Fsp3) is 0.286. The molecule has 2 heterocycles. The van der Waals surface area contributed by atoms with E-state index in [9.17, 15) is 13.2 Å². The fourth-order valence-corrected chi connectivity index (χ4v) is 4.27. The molecule has 0 saturated heterocycles. The Balaban J connectivity index is 1.21. The van der Waals surface area contributed by atoms with Gasteiger partial charge in [-0.3, -0.25) is 9.52 Å². The fourth-order valence-electron chi connectivity index (χ4n) is 3.20. The van der Waals surface area contributed by atoms with E-state index in [1.807, 2.05) is 0 Å². The number of carbonyl (C=O) groups is 1. The SMILES string of the molecule is O=C(NCc1nc(C2CC2)no1)c1ccc(NS(=O)(=O)c2ccc3c(c2)OCCO3)cc1. The predicted octanol–water partition coefficient (Wildman–Crippen LogP) is 2.45. The molecule has 5 rings (SSSR count). The van der Waals surface area contributed by atoms with E-state index < -0.39 is 10.0 Å². The highest BCUT2D eigenvalue weighted by Gasteiger charge is 2.28. The first-order valence-electron chi connectivity index (χ1n) is 10.1. The highest BCUT2D eigenvalue weighted by atomic mass is 32.2. The molecule has 32 heavy (non-hydrogen) atoms. The van der Waals surface area contributed by atoms with E-state index in [4.69, 9.17) is 14.0 Å². The van der Waals surface area contributed by atoms with Gasteiger partial charge in [0.05, 0.1) is 11.4 Å². The highest BCUT2D eigenvalue weighted by molar-refractivity contribution is 7.92. The van der Waals surface area contributed by atoms with Crippen molar-refractivity contribution in [1.29, 1.82) is 0 Å². The van der Waals surface area contributed by atoms with Gasteiger partial charge in [0.2, 0.25) is 5.89 Å². The van der Waals surface area contributed by atoms with Crippen molar-refractivity contribution in [3.05, 3.63) is 59.7 Å². The zero-order valence-corrected chi connectivity index (χ0v) is 17.7. The minimum absolute atomic E-state index is 0.0497. The minimum Gasteiger partial charge on any atom is -0.486 e. The Hall–Kier alpha value is -3.60. The molecule has 0 unspecified atom stereocenters. The molecule has 1 amide bonds. The second kappa shape index (κ2) is 8.15. The topological polar surface area (TPSA) is 133 Å². The van der Waals surface area contributed by atoms with Crippen LogP contribution in [0, 0.1) is 0 Å². The lowest BCUT2D eigenvalue weighted by Crippen LogP contribution is -2.23. The summed E-state index contributed by atoms with van der Waals surface area (Å²) >= 11 is 0. The molecular weight excluding hydrogens is 436 g/mol. The van der Waals surface area contributed by atoms with Gasteiger partial charge in [0.25, 0.3) is 15.9 Å². The highest BCUT2D eigenvalue weighted by Crippen LogP contribution is 2.38. The molecule has 0 atom stereocenters. The first kappa shape index (κ1) is 20.3. The normalized spacial score (nSPS) is 15.2. The summed E-state index contributed by atoms with van der Waals surface area (Å²) in [4.78, 5) is 16.7. The number of ether oxygens (including phenoxy) is 2. The summed E-state index contributed by atoms with van der Waals surface area (Å²) in [5.74, 6) is 1.97. The van der Waals surface area contributed by atoms with Crippen LogP contribution in [0.5, 0.6) is 11.5 Å². The van der Waals surface area contributed by atoms with Crippen LogP contribution in [-0.2, 0) is 16.6 Å². The van der Waals surface area contributed by atoms with Crippen molar-refractivity contribution in [1.82, 2.24) is 15.5 Å². The Morgan fingerprint density at radius 3 is 2.53 bits per heavy atom. The summed E-state index contributed by atoms with van der Waals surface area (Å²) in [6.07, 6.45) is 2.13. The number of anilines is 1. The molecule has 1 aliphatic heterocycles. The van der Waals surface area contributed by atoms with E-state index in [1.54, 1.807) is 6.07 Å². The second-order valence-electron chi connectivity index (χ2n) is 7.49. The van der Waals surface area contributed by atoms with Gasteiger partial charge in [0.15, 0.2) is 17.3 Å². The summed E-state index contributed by atoms with van der Waals surface area (Å²) in [6, 6.07) is 10.5. The van der Waals surface area contributed by atoms with Crippen LogP contribution in [0.3, 0.4) is 0 Å². The molecule has 1 aromatic heterocycles. The van der Waals surface area contributed by atoms with Crippen LogP contribution in [0.2, 0.25) is 0 Å². The molecule has 0 radical (unpaired) electrons. The van der Waals surface area contributed by atoms with Gasteiger partial charge in [-0.15, -0.1) is 0 Å². The molecule has 3 aromatic rings. The van der Waals surface area contributed by atoms with Crippen molar-refractivity contribution >= 4 is 21.6 Å². The Morgan fingerprint density at radius 1 is 1.03 bits per heavy atom.